The van der Waals surface area contributed by atoms with Crippen molar-refractivity contribution in [3.8, 4) is 0 Å². The van der Waals surface area contributed by atoms with Crippen LogP contribution in [0.5, 0.6) is 0 Å². The molecular weight excluding hydrogens is 362 g/mol. The summed E-state index contributed by atoms with van der Waals surface area (Å²) < 4.78 is 5.30. The first kappa shape index (κ1) is 18.7. The molecule has 2 aliphatic heterocycles. The quantitative estimate of drug-likeness (QED) is 0.567. The molecular formula is C19H25N5O4. The molecule has 1 aromatic carbocycles. The predicted octanol–water partition coefficient (Wildman–Crippen LogP) is -0.443. The summed E-state index contributed by atoms with van der Waals surface area (Å²) in [5.41, 5.74) is 2.11. The van der Waals surface area contributed by atoms with E-state index in [1.54, 1.807) is 0 Å². The zero-order valence-electron chi connectivity index (χ0n) is 15.6. The maximum absolute atomic E-state index is 12.7. The molecule has 9 nitrogen and oxygen atoms in total. The molecule has 28 heavy (non-hydrogen) atoms. The summed E-state index contributed by atoms with van der Waals surface area (Å²) in [4.78, 5) is 43.9. The maximum atomic E-state index is 12.7. The van der Waals surface area contributed by atoms with Crippen molar-refractivity contribution >= 4 is 22.8 Å². The number of imidazole rings is 1. The fourth-order valence-electron chi connectivity index (χ4n) is 3.89. The second-order valence-electron chi connectivity index (χ2n) is 7.40. The lowest BCUT2D eigenvalue weighted by Gasteiger charge is -2.34. The van der Waals surface area contributed by atoms with Gasteiger partial charge in [-0.15, -0.1) is 0 Å². The number of rotatable bonds is 4. The van der Waals surface area contributed by atoms with Gasteiger partial charge in [0.1, 0.15) is 0 Å². The number of aromatic nitrogens is 2. The number of hydrogen-bond donors (Lipinski definition) is 4. The van der Waals surface area contributed by atoms with Crippen LogP contribution >= 0.6 is 0 Å². The van der Waals surface area contributed by atoms with Crippen LogP contribution < -0.4 is 16.3 Å². The third-order valence-electron chi connectivity index (χ3n) is 5.44. The molecule has 0 spiro atoms. The van der Waals surface area contributed by atoms with Gasteiger partial charge in [-0.1, -0.05) is 6.07 Å². The largest absolute Gasteiger partial charge is 0.378 e. The Balaban J connectivity index is 1.33. The Hall–Kier alpha value is -2.65. The summed E-state index contributed by atoms with van der Waals surface area (Å²) in [6.07, 6.45) is 0.555. The van der Waals surface area contributed by atoms with Crippen molar-refractivity contribution in [2.75, 3.05) is 39.4 Å². The zero-order chi connectivity index (χ0) is 19.5. The maximum Gasteiger partial charge on any atom is 0.323 e. The number of piperidine rings is 1. The molecule has 2 aromatic rings. The van der Waals surface area contributed by atoms with Crippen LogP contribution in [0.1, 0.15) is 12.0 Å². The van der Waals surface area contributed by atoms with Gasteiger partial charge in [0.2, 0.25) is 11.8 Å². The van der Waals surface area contributed by atoms with Crippen LogP contribution in [0.3, 0.4) is 0 Å². The van der Waals surface area contributed by atoms with Gasteiger partial charge < -0.3 is 30.2 Å². The number of carbonyl (C=O) groups is 2. The molecule has 4 rings (SSSR count). The molecule has 0 unspecified atom stereocenters. The van der Waals surface area contributed by atoms with Gasteiger partial charge in [0.15, 0.2) is 0 Å². The Morgan fingerprint density at radius 3 is 2.68 bits per heavy atom. The number of aromatic amines is 2. The summed E-state index contributed by atoms with van der Waals surface area (Å²) >= 11 is 0. The normalized spacial score (nSPS) is 22.9. The number of fused-ring (bicyclic) bond motifs is 1. The van der Waals surface area contributed by atoms with Crippen molar-refractivity contribution in [1.29, 1.82) is 0 Å². The summed E-state index contributed by atoms with van der Waals surface area (Å²) in [6, 6.07) is 5.53. The first-order valence-electron chi connectivity index (χ1n) is 9.66. The van der Waals surface area contributed by atoms with Gasteiger partial charge in [-0.2, -0.15) is 0 Å². The summed E-state index contributed by atoms with van der Waals surface area (Å²) in [5, 5.41) is 6.18. The van der Waals surface area contributed by atoms with E-state index in [-0.39, 0.29) is 29.3 Å². The molecule has 9 heteroatoms. The van der Waals surface area contributed by atoms with E-state index in [2.05, 4.69) is 20.6 Å². The highest BCUT2D eigenvalue weighted by atomic mass is 16.5. The van der Waals surface area contributed by atoms with Crippen molar-refractivity contribution in [2.45, 2.75) is 13.0 Å². The van der Waals surface area contributed by atoms with Gasteiger partial charge in [0, 0.05) is 32.7 Å². The van der Waals surface area contributed by atoms with E-state index in [9.17, 15) is 14.4 Å². The highest BCUT2D eigenvalue weighted by molar-refractivity contribution is 5.83. The fourth-order valence-corrected chi connectivity index (χ4v) is 3.89. The van der Waals surface area contributed by atoms with Crippen molar-refractivity contribution in [3.05, 3.63) is 34.2 Å². The number of ether oxygens (including phenoxy) is 1. The number of nitrogens with one attached hydrogen (secondary N) is 4. The number of nitrogens with zero attached hydrogens (tertiary/aromatic N) is 1. The van der Waals surface area contributed by atoms with Gasteiger partial charge in [0.05, 0.1) is 36.1 Å². The van der Waals surface area contributed by atoms with Gasteiger partial charge in [-0.25, -0.2) is 4.79 Å². The molecule has 1 aromatic heterocycles. The van der Waals surface area contributed by atoms with Gasteiger partial charge in [-0.3, -0.25) is 9.59 Å². The van der Waals surface area contributed by atoms with Crippen molar-refractivity contribution in [3.63, 3.8) is 0 Å². The third kappa shape index (κ3) is 4.10. The minimum absolute atomic E-state index is 0.0605. The van der Waals surface area contributed by atoms with E-state index in [1.807, 2.05) is 23.1 Å². The Morgan fingerprint density at radius 1 is 1.11 bits per heavy atom. The second-order valence-corrected chi connectivity index (χ2v) is 7.40. The minimum Gasteiger partial charge on any atom is -0.378 e. The topological polar surface area (TPSA) is 119 Å². The summed E-state index contributed by atoms with van der Waals surface area (Å²) in [5.74, 6) is -0.367. The molecule has 0 saturated carbocycles. The molecule has 0 bridgehead atoms. The Labute approximate surface area is 161 Å². The van der Waals surface area contributed by atoms with Crippen LogP contribution in [-0.2, 0) is 20.9 Å². The van der Waals surface area contributed by atoms with Crippen LogP contribution in [0.15, 0.2) is 23.0 Å². The number of morpholine rings is 1. The smallest absolute Gasteiger partial charge is 0.323 e. The van der Waals surface area contributed by atoms with Crippen molar-refractivity contribution in [2.24, 2.45) is 11.8 Å². The SMILES string of the molecule is O=C(NCc1ccc2[nH]c(=O)[nH]c2c1)[C@@H]1CNC[C@H](C(=O)N2CCOCC2)C1. The van der Waals surface area contributed by atoms with Crippen molar-refractivity contribution in [1.82, 2.24) is 25.5 Å². The van der Waals surface area contributed by atoms with Gasteiger partial charge >= 0.3 is 5.69 Å². The molecule has 4 N–H and O–H groups in total. The second kappa shape index (κ2) is 8.15. The number of H-pyrrole nitrogens is 2. The van der Waals surface area contributed by atoms with E-state index in [4.69, 9.17) is 4.74 Å². The number of amides is 2. The lowest BCUT2D eigenvalue weighted by molar-refractivity contribution is -0.141. The van der Waals surface area contributed by atoms with Gasteiger partial charge in [0.25, 0.3) is 0 Å². The Kier molecular flexibility index (Phi) is 5.45. The van der Waals surface area contributed by atoms with E-state index in [0.717, 1.165) is 11.1 Å². The van der Waals surface area contributed by atoms with Crippen LogP contribution in [0.2, 0.25) is 0 Å². The molecule has 2 aliphatic rings. The van der Waals surface area contributed by atoms with Crippen LogP contribution in [-0.4, -0.2) is 66.1 Å². The highest BCUT2D eigenvalue weighted by Crippen LogP contribution is 2.20. The number of hydrogen-bond acceptors (Lipinski definition) is 5. The summed E-state index contributed by atoms with van der Waals surface area (Å²) in [6.45, 7) is 3.95. The molecule has 2 saturated heterocycles. The average molecular weight is 387 g/mol. The Morgan fingerprint density at radius 2 is 1.86 bits per heavy atom. The average Bonchev–Trinajstić information content (AvgIpc) is 3.11. The molecule has 150 valence electrons. The fraction of sp³-hybridized carbons (Fsp3) is 0.526. The molecule has 3 heterocycles. The van der Waals surface area contributed by atoms with E-state index in [1.165, 1.54) is 0 Å². The zero-order valence-corrected chi connectivity index (χ0v) is 15.6. The Bertz CT molecular complexity index is 914. The molecule has 0 radical (unpaired) electrons. The first-order valence-corrected chi connectivity index (χ1v) is 9.66. The van der Waals surface area contributed by atoms with E-state index >= 15 is 0 Å². The van der Waals surface area contributed by atoms with Crippen molar-refractivity contribution < 1.29 is 14.3 Å². The molecule has 2 atom stereocenters. The predicted molar refractivity (Wildman–Crippen MR) is 103 cm³/mol. The standard InChI is InChI=1S/C19H25N5O4/c25-17(21-9-12-1-2-15-16(7-12)23-19(27)22-15)13-8-14(11-20-10-13)18(26)24-3-5-28-6-4-24/h1-2,7,13-14,20H,3-6,8-11H2,(H,21,25)(H2,22,23,27)/t13-,14+/m0/s1. The third-order valence-corrected chi connectivity index (χ3v) is 5.44. The summed E-state index contributed by atoms with van der Waals surface area (Å²) in [7, 11) is 0. The van der Waals surface area contributed by atoms with Gasteiger partial charge in [-0.05, 0) is 24.1 Å². The lowest BCUT2D eigenvalue weighted by atomic mass is 9.88. The first-order chi connectivity index (χ1) is 13.6. The number of carbonyl (C=O) groups excluding carboxylic acids is 2. The monoisotopic (exact) mass is 387 g/mol. The van der Waals surface area contributed by atoms with Crippen LogP contribution in [0, 0.1) is 11.8 Å². The van der Waals surface area contributed by atoms with E-state index in [0.29, 0.717) is 57.9 Å². The lowest BCUT2D eigenvalue weighted by Crippen LogP contribution is -2.51. The minimum atomic E-state index is -0.250. The highest BCUT2D eigenvalue weighted by Gasteiger charge is 2.33. The molecule has 0 aliphatic carbocycles. The molecule has 2 amide bonds. The number of benzene rings is 1. The van der Waals surface area contributed by atoms with Crippen LogP contribution in [0.4, 0.5) is 0 Å². The van der Waals surface area contributed by atoms with Crippen LogP contribution in [0.25, 0.3) is 11.0 Å². The van der Waals surface area contributed by atoms with E-state index < -0.39 is 0 Å². The molecule has 2 fully saturated rings.